The second-order valence-corrected chi connectivity index (χ2v) is 8.92. The Kier molecular flexibility index (Phi) is 4.72. The van der Waals surface area contributed by atoms with Crippen LogP contribution in [0, 0.1) is 17.8 Å². The van der Waals surface area contributed by atoms with Crippen molar-refractivity contribution in [2.45, 2.75) is 63.0 Å². The van der Waals surface area contributed by atoms with E-state index in [0.29, 0.717) is 6.54 Å². The first-order valence-corrected chi connectivity index (χ1v) is 10.2. The Hall–Kier alpha value is -1.55. The number of hydrogen-bond donors (Lipinski definition) is 2. The minimum absolute atomic E-state index is 0.0299. The zero-order valence-electron chi connectivity index (χ0n) is 16.1. The van der Waals surface area contributed by atoms with Crippen LogP contribution in [0.25, 0.3) is 0 Å². The molecular weight excluding hydrogens is 324 g/mol. The number of ether oxygens (including phenoxy) is 1. The van der Waals surface area contributed by atoms with Crippen LogP contribution in [0.4, 0.5) is 4.79 Å². The first-order chi connectivity index (χ1) is 12.6. The molecule has 142 valence electrons. The van der Waals surface area contributed by atoms with E-state index in [4.69, 9.17) is 4.74 Å². The van der Waals surface area contributed by atoms with Gasteiger partial charge in [-0.1, -0.05) is 37.3 Å². The zero-order valence-corrected chi connectivity index (χ0v) is 16.1. The molecule has 2 amide bonds. The Labute approximate surface area is 157 Å². The van der Waals surface area contributed by atoms with Gasteiger partial charge in [0.05, 0.1) is 6.54 Å². The molecule has 1 unspecified atom stereocenters. The fourth-order valence-corrected chi connectivity index (χ4v) is 6.28. The normalized spacial score (nSPS) is 34.3. The van der Waals surface area contributed by atoms with Crippen molar-refractivity contribution >= 4 is 6.03 Å². The first kappa shape index (κ1) is 17.8. The van der Waals surface area contributed by atoms with E-state index >= 15 is 0 Å². The molecule has 4 aliphatic carbocycles. The quantitative estimate of drug-likeness (QED) is 0.802. The number of hydrogen-bond acceptors (Lipinski definition) is 2. The van der Waals surface area contributed by atoms with E-state index in [9.17, 15) is 4.79 Å². The standard InChI is InChI=1S/C22H32N2O2/c1-3-22(26-2,19-7-5-4-6-8-19)15-23-20(25)24-21-12-16-9-17(13-21)11-18(10-16)14-21/h4-8,16-18H,3,9-15H2,1-2H3,(H2,23,24,25). The van der Waals surface area contributed by atoms with Gasteiger partial charge in [-0.25, -0.2) is 4.79 Å². The SMILES string of the molecule is CCC(CNC(=O)NC12CC3CC(CC(C3)C1)C2)(OC)c1ccccc1. The highest BCUT2D eigenvalue weighted by molar-refractivity contribution is 5.75. The molecular formula is C22H32N2O2. The number of methoxy groups -OCH3 is 1. The van der Waals surface area contributed by atoms with Crippen molar-refractivity contribution in [1.29, 1.82) is 0 Å². The molecule has 0 aromatic heterocycles. The summed E-state index contributed by atoms with van der Waals surface area (Å²) in [5.41, 5.74) is 0.688. The van der Waals surface area contributed by atoms with Gasteiger partial charge < -0.3 is 15.4 Å². The van der Waals surface area contributed by atoms with Gasteiger partial charge in [0.25, 0.3) is 0 Å². The maximum atomic E-state index is 12.8. The average molecular weight is 357 g/mol. The first-order valence-electron chi connectivity index (χ1n) is 10.2. The van der Waals surface area contributed by atoms with Crippen LogP contribution < -0.4 is 10.6 Å². The highest BCUT2D eigenvalue weighted by atomic mass is 16.5. The van der Waals surface area contributed by atoms with E-state index < -0.39 is 5.60 Å². The molecule has 4 aliphatic rings. The fraction of sp³-hybridized carbons (Fsp3) is 0.682. The number of amides is 2. The third kappa shape index (κ3) is 3.24. The van der Waals surface area contributed by atoms with Crippen molar-refractivity contribution in [2.75, 3.05) is 13.7 Å². The number of nitrogens with one attached hydrogen (secondary N) is 2. The summed E-state index contributed by atoms with van der Waals surface area (Å²) in [7, 11) is 1.73. The molecule has 4 heteroatoms. The van der Waals surface area contributed by atoms with Crippen LogP contribution in [0.3, 0.4) is 0 Å². The largest absolute Gasteiger partial charge is 0.372 e. The molecule has 26 heavy (non-hydrogen) atoms. The molecule has 4 fully saturated rings. The molecule has 1 aromatic carbocycles. The topological polar surface area (TPSA) is 50.4 Å². The predicted octanol–water partition coefficient (Wildman–Crippen LogP) is 4.21. The van der Waals surface area contributed by atoms with Crippen LogP contribution in [0.2, 0.25) is 0 Å². The van der Waals surface area contributed by atoms with Crippen molar-refractivity contribution in [2.24, 2.45) is 17.8 Å². The molecule has 0 heterocycles. The van der Waals surface area contributed by atoms with E-state index in [-0.39, 0.29) is 11.6 Å². The summed E-state index contributed by atoms with van der Waals surface area (Å²) in [4.78, 5) is 12.8. The lowest BCUT2D eigenvalue weighted by atomic mass is 9.53. The summed E-state index contributed by atoms with van der Waals surface area (Å²) < 4.78 is 5.87. The Morgan fingerprint density at radius 2 is 1.69 bits per heavy atom. The third-order valence-corrected chi connectivity index (χ3v) is 7.21. The van der Waals surface area contributed by atoms with E-state index in [1.165, 1.54) is 38.5 Å². The van der Waals surface area contributed by atoms with Gasteiger partial charge in [-0.15, -0.1) is 0 Å². The Morgan fingerprint density at radius 3 is 2.19 bits per heavy atom. The summed E-state index contributed by atoms with van der Waals surface area (Å²) in [6.45, 7) is 2.59. The van der Waals surface area contributed by atoms with Gasteiger partial charge in [-0.3, -0.25) is 0 Å². The molecule has 0 spiro atoms. The van der Waals surface area contributed by atoms with Crippen LogP contribution in [0.15, 0.2) is 30.3 Å². The molecule has 0 saturated heterocycles. The second-order valence-electron chi connectivity index (χ2n) is 8.92. The molecule has 4 saturated carbocycles. The maximum absolute atomic E-state index is 12.8. The second kappa shape index (κ2) is 6.88. The van der Waals surface area contributed by atoms with Crippen LogP contribution in [-0.2, 0) is 10.3 Å². The number of benzene rings is 1. The maximum Gasteiger partial charge on any atom is 0.315 e. The van der Waals surface area contributed by atoms with E-state index in [0.717, 1.165) is 29.7 Å². The molecule has 5 rings (SSSR count). The van der Waals surface area contributed by atoms with Crippen molar-refractivity contribution in [1.82, 2.24) is 10.6 Å². The van der Waals surface area contributed by atoms with Crippen LogP contribution in [-0.4, -0.2) is 25.2 Å². The lowest BCUT2D eigenvalue weighted by molar-refractivity contribution is -0.0209. The van der Waals surface area contributed by atoms with Crippen LogP contribution in [0.1, 0.15) is 57.4 Å². The van der Waals surface area contributed by atoms with E-state index in [2.05, 4.69) is 29.7 Å². The Bertz CT molecular complexity index is 604. The monoisotopic (exact) mass is 356 g/mol. The molecule has 1 atom stereocenters. The minimum atomic E-state index is -0.472. The average Bonchev–Trinajstić information content (AvgIpc) is 2.62. The van der Waals surface area contributed by atoms with Gasteiger partial charge in [-0.05, 0) is 68.3 Å². The van der Waals surface area contributed by atoms with Crippen LogP contribution in [0.5, 0.6) is 0 Å². The van der Waals surface area contributed by atoms with Crippen molar-refractivity contribution in [3.8, 4) is 0 Å². The Morgan fingerprint density at radius 1 is 1.12 bits per heavy atom. The van der Waals surface area contributed by atoms with Gasteiger partial charge in [-0.2, -0.15) is 0 Å². The molecule has 4 bridgehead atoms. The molecule has 4 nitrogen and oxygen atoms in total. The number of carbonyl (C=O) groups is 1. The van der Waals surface area contributed by atoms with Gasteiger partial charge >= 0.3 is 6.03 Å². The van der Waals surface area contributed by atoms with Gasteiger partial charge in [0.2, 0.25) is 0 Å². The molecule has 1 aromatic rings. The summed E-state index contributed by atoms with van der Waals surface area (Å²) in [5, 5.41) is 6.52. The lowest BCUT2D eigenvalue weighted by Gasteiger charge is -2.56. The minimum Gasteiger partial charge on any atom is -0.372 e. The summed E-state index contributed by atoms with van der Waals surface area (Å²) in [6, 6.07) is 10.2. The highest BCUT2D eigenvalue weighted by Gasteiger charge is 2.51. The summed E-state index contributed by atoms with van der Waals surface area (Å²) in [6.07, 6.45) is 8.50. The lowest BCUT2D eigenvalue weighted by Crippen LogP contribution is -2.62. The van der Waals surface area contributed by atoms with Crippen molar-refractivity contribution in [3.05, 3.63) is 35.9 Å². The van der Waals surface area contributed by atoms with E-state index in [1.807, 2.05) is 18.2 Å². The number of carbonyl (C=O) groups excluding carboxylic acids is 1. The zero-order chi connectivity index (χ0) is 18.2. The van der Waals surface area contributed by atoms with Gasteiger partial charge in [0.15, 0.2) is 0 Å². The Balaban J connectivity index is 1.40. The summed E-state index contributed by atoms with van der Waals surface area (Å²) in [5.74, 6) is 2.50. The summed E-state index contributed by atoms with van der Waals surface area (Å²) >= 11 is 0. The smallest absolute Gasteiger partial charge is 0.315 e. The van der Waals surface area contributed by atoms with E-state index in [1.54, 1.807) is 7.11 Å². The molecule has 0 aliphatic heterocycles. The number of rotatable bonds is 6. The fourth-order valence-electron chi connectivity index (χ4n) is 6.28. The predicted molar refractivity (Wildman–Crippen MR) is 103 cm³/mol. The highest BCUT2D eigenvalue weighted by Crippen LogP contribution is 2.55. The van der Waals surface area contributed by atoms with Gasteiger partial charge in [0.1, 0.15) is 5.60 Å². The van der Waals surface area contributed by atoms with Crippen molar-refractivity contribution < 1.29 is 9.53 Å². The molecule has 2 N–H and O–H groups in total. The van der Waals surface area contributed by atoms with Crippen LogP contribution >= 0.6 is 0 Å². The van der Waals surface area contributed by atoms with Gasteiger partial charge in [0, 0.05) is 12.6 Å². The number of urea groups is 1. The third-order valence-electron chi connectivity index (χ3n) is 7.21. The van der Waals surface area contributed by atoms with Crippen molar-refractivity contribution in [3.63, 3.8) is 0 Å². The molecule has 0 radical (unpaired) electrons.